The standard InChI is InChI=1S/C14H26N2O2/c1-11-10-16(7-4-8-18-11)14(17)9-12-5-2-3-6-13(12)15/h11-13H,2-10,15H2,1H3. The summed E-state index contributed by atoms with van der Waals surface area (Å²) in [5.74, 6) is 0.667. The fourth-order valence-corrected chi connectivity index (χ4v) is 3.06. The topological polar surface area (TPSA) is 55.6 Å². The summed E-state index contributed by atoms with van der Waals surface area (Å²) in [6, 6.07) is 0.225. The molecule has 3 atom stereocenters. The summed E-state index contributed by atoms with van der Waals surface area (Å²) in [4.78, 5) is 14.3. The Hall–Kier alpha value is -0.610. The van der Waals surface area contributed by atoms with E-state index in [1.54, 1.807) is 0 Å². The van der Waals surface area contributed by atoms with Gasteiger partial charge in [0.15, 0.2) is 0 Å². The molecule has 1 amide bonds. The molecule has 0 aromatic heterocycles. The summed E-state index contributed by atoms with van der Waals surface area (Å²) in [5, 5.41) is 0. The predicted molar refractivity (Wildman–Crippen MR) is 71.2 cm³/mol. The molecule has 0 radical (unpaired) electrons. The largest absolute Gasteiger partial charge is 0.377 e. The number of hydrogen-bond acceptors (Lipinski definition) is 3. The van der Waals surface area contributed by atoms with Crippen LogP contribution in [0.4, 0.5) is 0 Å². The first kappa shape index (κ1) is 13.8. The third-order valence-electron chi connectivity index (χ3n) is 4.21. The Morgan fingerprint density at radius 3 is 2.89 bits per heavy atom. The molecule has 3 unspecified atom stereocenters. The SMILES string of the molecule is CC1CN(C(=O)CC2CCCCC2N)CCCO1. The molecule has 2 N–H and O–H groups in total. The van der Waals surface area contributed by atoms with Gasteiger partial charge in [-0.3, -0.25) is 4.79 Å². The van der Waals surface area contributed by atoms with Crippen molar-refractivity contribution in [1.29, 1.82) is 0 Å². The van der Waals surface area contributed by atoms with E-state index in [1.807, 2.05) is 11.8 Å². The van der Waals surface area contributed by atoms with Gasteiger partial charge >= 0.3 is 0 Å². The zero-order valence-electron chi connectivity index (χ0n) is 11.4. The average molecular weight is 254 g/mol. The lowest BCUT2D eigenvalue weighted by Gasteiger charge is -2.30. The van der Waals surface area contributed by atoms with Gasteiger partial charge in [0.1, 0.15) is 0 Å². The van der Waals surface area contributed by atoms with Gasteiger partial charge in [0, 0.05) is 32.2 Å². The Balaban J connectivity index is 1.85. The molecule has 4 nitrogen and oxygen atoms in total. The Morgan fingerprint density at radius 1 is 1.33 bits per heavy atom. The quantitative estimate of drug-likeness (QED) is 0.813. The zero-order valence-corrected chi connectivity index (χ0v) is 11.4. The number of carbonyl (C=O) groups is 1. The Morgan fingerprint density at radius 2 is 2.11 bits per heavy atom. The van der Waals surface area contributed by atoms with Gasteiger partial charge in [-0.15, -0.1) is 0 Å². The normalized spacial score (nSPS) is 34.1. The molecule has 0 bridgehead atoms. The fraction of sp³-hybridized carbons (Fsp3) is 0.929. The molecule has 104 valence electrons. The molecule has 2 aliphatic rings. The Kier molecular flexibility index (Phi) is 5.01. The molecule has 18 heavy (non-hydrogen) atoms. The summed E-state index contributed by atoms with van der Waals surface area (Å²) >= 11 is 0. The third kappa shape index (κ3) is 3.69. The van der Waals surface area contributed by atoms with Crippen molar-refractivity contribution in [1.82, 2.24) is 4.90 Å². The van der Waals surface area contributed by atoms with Crippen LogP contribution in [0.3, 0.4) is 0 Å². The number of hydrogen-bond donors (Lipinski definition) is 1. The molecule has 0 aromatic carbocycles. The highest BCUT2D eigenvalue weighted by Crippen LogP contribution is 2.26. The molecule has 1 heterocycles. The van der Waals surface area contributed by atoms with Crippen molar-refractivity contribution in [3.05, 3.63) is 0 Å². The maximum atomic E-state index is 12.3. The molecule has 1 saturated heterocycles. The number of carbonyl (C=O) groups excluding carboxylic acids is 1. The first-order valence-corrected chi connectivity index (χ1v) is 7.32. The number of nitrogens with two attached hydrogens (primary N) is 1. The molecule has 1 saturated carbocycles. The zero-order chi connectivity index (χ0) is 13.0. The van der Waals surface area contributed by atoms with Gasteiger partial charge in [-0.2, -0.15) is 0 Å². The van der Waals surface area contributed by atoms with E-state index in [0.29, 0.717) is 12.3 Å². The minimum atomic E-state index is 0.163. The van der Waals surface area contributed by atoms with E-state index in [1.165, 1.54) is 12.8 Å². The van der Waals surface area contributed by atoms with Gasteiger partial charge in [0.05, 0.1) is 6.10 Å². The maximum absolute atomic E-state index is 12.3. The Labute approximate surface area is 110 Å². The van der Waals surface area contributed by atoms with E-state index in [2.05, 4.69) is 0 Å². The van der Waals surface area contributed by atoms with Gasteiger partial charge in [0.2, 0.25) is 5.91 Å². The fourth-order valence-electron chi connectivity index (χ4n) is 3.06. The minimum Gasteiger partial charge on any atom is -0.377 e. The molecule has 2 fully saturated rings. The molecular weight excluding hydrogens is 228 g/mol. The second-order valence-electron chi connectivity index (χ2n) is 5.79. The molecule has 4 heteroatoms. The van der Waals surface area contributed by atoms with Crippen LogP contribution in [0.15, 0.2) is 0 Å². The summed E-state index contributed by atoms with van der Waals surface area (Å²) in [6.45, 7) is 4.39. The Bertz CT molecular complexity index is 283. The molecular formula is C14H26N2O2. The van der Waals surface area contributed by atoms with Gasteiger partial charge in [-0.05, 0) is 32.1 Å². The summed E-state index contributed by atoms with van der Waals surface area (Å²) in [7, 11) is 0. The van der Waals surface area contributed by atoms with Crippen molar-refractivity contribution >= 4 is 5.91 Å². The van der Waals surface area contributed by atoms with E-state index in [4.69, 9.17) is 10.5 Å². The van der Waals surface area contributed by atoms with Crippen molar-refractivity contribution in [3.8, 4) is 0 Å². The molecule has 1 aliphatic heterocycles. The number of amides is 1. The number of ether oxygens (including phenoxy) is 1. The van der Waals surface area contributed by atoms with Gasteiger partial charge in [0.25, 0.3) is 0 Å². The van der Waals surface area contributed by atoms with Gasteiger partial charge in [-0.25, -0.2) is 0 Å². The van der Waals surface area contributed by atoms with Crippen LogP contribution in [0.2, 0.25) is 0 Å². The smallest absolute Gasteiger partial charge is 0.222 e. The molecule has 0 spiro atoms. The van der Waals surface area contributed by atoms with E-state index < -0.39 is 0 Å². The van der Waals surface area contributed by atoms with E-state index in [0.717, 1.165) is 39.0 Å². The van der Waals surface area contributed by atoms with Crippen molar-refractivity contribution in [2.24, 2.45) is 11.7 Å². The minimum absolute atomic E-state index is 0.163. The van der Waals surface area contributed by atoms with Crippen molar-refractivity contribution in [2.45, 2.75) is 57.6 Å². The van der Waals surface area contributed by atoms with Gasteiger partial charge < -0.3 is 15.4 Å². The van der Waals surface area contributed by atoms with Crippen molar-refractivity contribution in [2.75, 3.05) is 19.7 Å². The van der Waals surface area contributed by atoms with Crippen molar-refractivity contribution in [3.63, 3.8) is 0 Å². The highest BCUT2D eigenvalue weighted by Gasteiger charge is 2.27. The summed E-state index contributed by atoms with van der Waals surface area (Å²) < 4.78 is 5.58. The second kappa shape index (κ2) is 6.53. The van der Waals surface area contributed by atoms with Crippen LogP contribution in [0, 0.1) is 5.92 Å². The lowest BCUT2D eigenvalue weighted by atomic mass is 9.82. The van der Waals surface area contributed by atoms with Crippen LogP contribution in [0.25, 0.3) is 0 Å². The van der Waals surface area contributed by atoms with Crippen LogP contribution in [-0.2, 0) is 9.53 Å². The first-order valence-electron chi connectivity index (χ1n) is 7.32. The maximum Gasteiger partial charge on any atom is 0.222 e. The molecule has 0 aromatic rings. The van der Waals surface area contributed by atoms with Gasteiger partial charge in [-0.1, -0.05) is 12.8 Å². The average Bonchev–Trinajstić information content (AvgIpc) is 2.57. The highest BCUT2D eigenvalue weighted by molar-refractivity contribution is 5.76. The van der Waals surface area contributed by atoms with Crippen LogP contribution in [0.5, 0.6) is 0 Å². The van der Waals surface area contributed by atoms with Crippen LogP contribution < -0.4 is 5.73 Å². The lowest BCUT2D eigenvalue weighted by Crippen LogP contribution is -2.40. The highest BCUT2D eigenvalue weighted by atomic mass is 16.5. The van der Waals surface area contributed by atoms with Crippen LogP contribution >= 0.6 is 0 Å². The third-order valence-corrected chi connectivity index (χ3v) is 4.21. The summed E-state index contributed by atoms with van der Waals surface area (Å²) in [6.07, 6.45) is 6.40. The van der Waals surface area contributed by atoms with Crippen LogP contribution in [-0.4, -0.2) is 42.6 Å². The summed E-state index contributed by atoms with van der Waals surface area (Å²) in [5.41, 5.74) is 6.12. The lowest BCUT2D eigenvalue weighted by molar-refractivity contribution is -0.133. The first-order chi connectivity index (χ1) is 8.66. The number of rotatable bonds is 2. The predicted octanol–water partition coefficient (Wildman–Crippen LogP) is 1.53. The van der Waals surface area contributed by atoms with E-state index in [9.17, 15) is 4.79 Å². The second-order valence-corrected chi connectivity index (χ2v) is 5.79. The van der Waals surface area contributed by atoms with Crippen molar-refractivity contribution < 1.29 is 9.53 Å². The van der Waals surface area contributed by atoms with E-state index >= 15 is 0 Å². The number of nitrogens with zero attached hydrogens (tertiary/aromatic N) is 1. The molecule has 2 rings (SSSR count). The molecule has 1 aliphatic carbocycles. The van der Waals surface area contributed by atoms with Crippen LogP contribution in [0.1, 0.15) is 45.4 Å². The van der Waals surface area contributed by atoms with E-state index in [-0.39, 0.29) is 18.1 Å². The monoisotopic (exact) mass is 254 g/mol.